The molecule has 1 amide bonds. The molecule has 1 aromatic carbocycles. The first-order valence-corrected chi connectivity index (χ1v) is 5.67. The van der Waals surface area contributed by atoms with E-state index in [2.05, 4.69) is 11.2 Å². The van der Waals surface area contributed by atoms with Crippen LogP contribution >= 0.6 is 23.2 Å². The second-order valence-electron chi connectivity index (χ2n) is 3.26. The van der Waals surface area contributed by atoms with Crippen molar-refractivity contribution >= 4 is 34.8 Å². The highest BCUT2D eigenvalue weighted by atomic mass is 35.5. The van der Waals surface area contributed by atoms with Gasteiger partial charge in [-0.1, -0.05) is 29.1 Å². The summed E-state index contributed by atoms with van der Waals surface area (Å²) in [5.41, 5.74) is -0.376. The van der Waals surface area contributed by atoms with Gasteiger partial charge >= 0.3 is 5.69 Å². The van der Waals surface area contributed by atoms with Crippen molar-refractivity contribution in [2.24, 2.45) is 0 Å². The van der Waals surface area contributed by atoms with E-state index in [1.165, 1.54) is 6.07 Å². The fraction of sp³-hybridized carbons (Fsp3) is 0.182. The summed E-state index contributed by atoms with van der Waals surface area (Å²) >= 11 is 11.4. The Balaban J connectivity index is 2.83. The Morgan fingerprint density at radius 3 is 2.68 bits per heavy atom. The summed E-state index contributed by atoms with van der Waals surface area (Å²) in [5.74, 6) is 1.56. The molecule has 1 aromatic rings. The number of terminal acetylenes is 1. The van der Waals surface area contributed by atoms with Crippen LogP contribution in [0.2, 0.25) is 10.0 Å². The molecule has 0 unspecified atom stereocenters. The quantitative estimate of drug-likeness (QED) is 0.512. The lowest BCUT2D eigenvalue weighted by Crippen LogP contribution is -2.29. The molecule has 0 bridgehead atoms. The van der Waals surface area contributed by atoms with E-state index in [4.69, 9.17) is 34.4 Å². The monoisotopic (exact) mass is 302 g/mol. The summed E-state index contributed by atoms with van der Waals surface area (Å²) in [6.07, 6.45) is 4.96. The highest BCUT2D eigenvalue weighted by Crippen LogP contribution is 2.35. The summed E-state index contributed by atoms with van der Waals surface area (Å²) in [5, 5.41) is 13.3. The Bertz CT molecular complexity index is 554. The van der Waals surface area contributed by atoms with E-state index < -0.39 is 17.4 Å². The Kier molecular flexibility index (Phi) is 5.42. The molecule has 6 nitrogen and oxygen atoms in total. The van der Waals surface area contributed by atoms with E-state index in [-0.39, 0.29) is 28.0 Å². The molecule has 0 aliphatic rings. The number of nitrogens with zero attached hydrogens (tertiary/aromatic N) is 1. The molecule has 0 atom stereocenters. The second kappa shape index (κ2) is 6.83. The molecule has 8 heteroatoms. The van der Waals surface area contributed by atoms with Crippen LogP contribution in [0, 0.1) is 22.5 Å². The minimum absolute atomic E-state index is 0.0255. The van der Waals surface area contributed by atoms with E-state index in [0.29, 0.717) is 0 Å². The molecule has 0 radical (unpaired) electrons. The van der Waals surface area contributed by atoms with Crippen molar-refractivity contribution in [3.63, 3.8) is 0 Å². The molecule has 19 heavy (non-hydrogen) atoms. The highest BCUT2D eigenvalue weighted by molar-refractivity contribution is 6.42. The number of hydrogen-bond donors (Lipinski definition) is 1. The van der Waals surface area contributed by atoms with Gasteiger partial charge in [0.1, 0.15) is 0 Å². The number of rotatable bonds is 5. The van der Waals surface area contributed by atoms with Crippen LogP contribution in [-0.2, 0) is 4.79 Å². The van der Waals surface area contributed by atoms with Gasteiger partial charge in [-0.05, 0) is 0 Å². The zero-order valence-corrected chi connectivity index (χ0v) is 11.0. The predicted octanol–water partition coefficient (Wildman–Crippen LogP) is 2.03. The van der Waals surface area contributed by atoms with E-state index in [9.17, 15) is 14.9 Å². The van der Waals surface area contributed by atoms with Gasteiger partial charge in [0, 0.05) is 12.1 Å². The molecule has 0 aliphatic heterocycles. The number of halogens is 2. The van der Waals surface area contributed by atoms with Crippen molar-refractivity contribution in [3.05, 3.63) is 32.3 Å². The van der Waals surface area contributed by atoms with Crippen molar-refractivity contribution < 1.29 is 14.5 Å². The summed E-state index contributed by atoms with van der Waals surface area (Å²) in [4.78, 5) is 21.4. The van der Waals surface area contributed by atoms with Crippen LogP contribution < -0.4 is 10.1 Å². The molecule has 0 aliphatic carbocycles. The molecule has 0 spiro atoms. The second-order valence-corrected chi connectivity index (χ2v) is 4.08. The fourth-order valence-corrected chi connectivity index (χ4v) is 1.43. The zero-order chi connectivity index (χ0) is 14.4. The first-order valence-electron chi connectivity index (χ1n) is 4.92. The van der Waals surface area contributed by atoms with Crippen LogP contribution in [0.15, 0.2) is 12.1 Å². The largest absolute Gasteiger partial charge is 0.477 e. The van der Waals surface area contributed by atoms with Crippen LogP contribution in [0.25, 0.3) is 0 Å². The third kappa shape index (κ3) is 4.32. The van der Waals surface area contributed by atoms with E-state index >= 15 is 0 Å². The number of hydrogen-bond acceptors (Lipinski definition) is 4. The molecule has 0 aromatic heterocycles. The summed E-state index contributed by atoms with van der Waals surface area (Å²) in [6, 6.07) is 2.23. The zero-order valence-electron chi connectivity index (χ0n) is 9.48. The van der Waals surface area contributed by atoms with Crippen LogP contribution in [-0.4, -0.2) is 24.0 Å². The Morgan fingerprint density at radius 1 is 1.47 bits per heavy atom. The molecular weight excluding hydrogens is 295 g/mol. The number of carbonyl (C=O) groups is 1. The van der Waals surface area contributed by atoms with Gasteiger partial charge in [-0.25, -0.2) is 0 Å². The normalized spacial score (nSPS) is 9.53. The summed E-state index contributed by atoms with van der Waals surface area (Å²) in [7, 11) is 0. The van der Waals surface area contributed by atoms with Gasteiger partial charge in [0.15, 0.2) is 12.4 Å². The highest BCUT2D eigenvalue weighted by Gasteiger charge is 2.19. The average Bonchev–Trinajstić information content (AvgIpc) is 2.36. The van der Waals surface area contributed by atoms with Gasteiger partial charge in [0.05, 0.1) is 21.5 Å². The van der Waals surface area contributed by atoms with E-state index in [1.807, 2.05) is 0 Å². The first kappa shape index (κ1) is 15.1. The number of nitrogens with one attached hydrogen (secondary N) is 1. The maximum atomic E-state index is 11.2. The summed E-state index contributed by atoms with van der Waals surface area (Å²) < 4.78 is 5.03. The fourth-order valence-electron chi connectivity index (χ4n) is 1.12. The van der Waals surface area contributed by atoms with Crippen molar-refractivity contribution in [1.82, 2.24) is 5.32 Å². The minimum Gasteiger partial charge on any atom is -0.477 e. The Morgan fingerprint density at radius 2 is 2.11 bits per heavy atom. The smallest absolute Gasteiger partial charge is 0.312 e. The van der Waals surface area contributed by atoms with E-state index in [1.54, 1.807) is 0 Å². The lowest BCUT2D eigenvalue weighted by Gasteiger charge is -2.07. The number of nitro benzene ring substituents is 1. The topological polar surface area (TPSA) is 81.5 Å². The lowest BCUT2D eigenvalue weighted by molar-refractivity contribution is -0.385. The van der Waals surface area contributed by atoms with Gasteiger partial charge in [-0.2, -0.15) is 0 Å². The molecule has 100 valence electrons. The molecule has 1 N–H and O–H groups in total. The molecule has 0 fully saturated rings. The van der Waals surface area contributed by atoms with Gasteiger partial charge in [-0.15, -0.1) is 6.42 Å². The predicted molar refractivity (Wildman–Crippen MR) is 70.5 cm³/mol. The third-order valence-electron chi connectivity index (χ3n) is 1.94. The Labute approximate surface area is 118 Å². The number of ether oxygens (including phenoxy) is 1. The van der Waals surface area contributed by atoms with Gasteiger partial charge in [-0.3, -0.25) is 14.9 Å². The standard InChI is InChI=1S/C11H8Cl2N2O4/c1-2-3-14-11(16)6-19-10-5-8(13)7(12)4-9(10)15(17)18/h1,4-5H,3,6H2,(H,14,16). The SMILES string of the molecule is C#CCNC(=O)COc1cc(Cl)c(Cl)cc1[N+](=O)[O-]. The van der Waals surface area contributed by atoms with Crippen LogP contribution in [0.5, 0.6) is 5.75 Å². The Hall–Kier alpha value is -1.97. The van der Waals surface area contributed by atoms with Gasteiger partial charge in [0.2, 0.25) is 0 Å². The maximum absolute atomic E-state index is 11.2. The molecule has 0 saturated heterocycles. The number of nitro groups is 1. The maximum Gasteiger partial charge on any atom is 0.312 e. The number of carbonyl (C=O) groups excluding carboxylic acids is 1. The van der Waals surface area contributed by atoms with Crippen molar-refractivity contribution in [1.29, 1.82) is 0 Å². The number of benzene rings is 1. The lowest BCUT2D eigenvalue weighted by atomic mass is 10.3. The molecular formula is C11H8Cl2N2O4. The van der Waals surface area contributed by atoms with Crippen LogP contribution in [0.4, 0.5) is 5.69 Å². The van der Waals surface area contributed by atoms with Gasteiger partial charge in [0.25, 0.3) is 5.91 Å². The molecule has 0 heterocycles. The third-order valence-corrected chi connectivity index (χ3v) is 2.67. The molecule has 0 saturated carbocycles. The summed E-state index contributed by atoms with van der Waals surface area (Å²) in [6.45, 7) is -0.369. The number of amides is 1. The molecule has 1 rings (SSSR count). The van der Waals surface area contributed by atoms with Crippen LogP contribution in [0.1, 0.15) is 0 Å². The van der Waals surface area contributed by atoms with E-state index in [0.717, 1.165) is 6.07 Å². The van der Waals surface area contributed by atoms with Crippen molar-refractivity contribution in [2.45, 2.75) is 0 Å². The van der Waals surface area contributed by atoms with Crippen molar-refractivity contribution in [2.75, 3.05) is 13.2 Å². The minimum atomic E-state index is -0.684. The first-order chi connectivity index (χ1) is 8.95. The van der Waals surface area contributed by atoms with Gasteiger partial charge < -0.3 is 10.1 Å². The average molecular weight is 303 g/mol. The van der Waals surface area contributed by atoms with Crippen molar-refractivity contribution in [3.8, 4) is 18.1 Å². The van der Waals surface area contributed by atoms with Crippen LogP contribution in [0.3, 0.4) is 0 Å².